The van der Waals surface area contributed by atoms with Crippen molar-refractivity contribution in [3.05, 3.63) is 35.9 Å². The average Bonchev–Trinajstić information content (AvgIpc) is 2.57. The van der Waals surface area contributed by atoms with Gasteiger partial charge in [-0.25, -0.2) is 0 Å². The van der Waals surface area contributed by atoms with E-state index < -0.39 is 0 Å². The van der Waals surface area contributed by atoms with Crippen molar-refractivity contribution in [3.63, 3.8) is 0 Å². The van der Waals surface area contributed by atoms with E-state index in [1.54, 1.807) is 0 Å². The van der Waals surface area contributed by atoms with E-state index in [1.807, 2.05) is 0 Å². The number of likely N-dealkylation sites (tertiary alicyclic amines) is 1. The first-order valence-electron chi connectivity index (χ1n) is 9.01. The molecule has 1 aromatic rings. The van der Waals surface area contributed by atoms with Crippen LogP contribution in [0.25, 0.3) is 0 Å². The summed E-state index contributed by atoms with van der Waals surface area (Å²) in [7, 11) is 0. The molecule has 3 rings (SSSR count). The van der Waals surface area contributed by atoms with E-state index in [0.717, 1.165) is 19.3 Å². The van der Waals surface area contributed by atoms with Gasteiger partial charge in [0, 0.05) is 18.6 Å². The maximum Gasteiger partial charge on any atom is 0.0693 e. The molecule has 122 valence electrons. The second-order valence-electron chi connectivity index (χ2n) is 6.98. The van der Waals surface area contributed by atoms with Crippen LogP contribution in [0.2, 0.25) is 0 Å². The molecule has 22 heavy (non-hydrogen) atoms. The molecule has 1 saturated carbocycles. The first-order chi connectivity index (χ1) is 10.8. The van der Waals surface area contributed by atoms with Crippen LogP contribution in [-0.2, 0) is 6.42 Å². The number of aliphatic hydroxyl groups is 1. The van der Waals surface area contributed by atoms with Gasteiger partial charge in [0.25, 0.3) is 0 Å². The highest BCUT2D eigenvalue weighted by atomic mass is 16.3. The molecule has 1 aliphatic heterocycles. The Morgan fingerprint density at radius 2 is 1.73 bits per heavy atom. The lowest BCUT2D eigenvalue weighted by Crippen LogP contribution is -2.51. The molecule has 1 aromatic carbocycles. The van der Waals surface area contributed by atoms with Crippen molar-refractivity contribution in [1.29, 1.82) is 0 Å². The van der Waals surface area contributed by atoms with E-state index in [1.165, 1.54) is 50.9 Å². The largest absolute Gasteiger partial charge is 0.392 e. The van der Waals surface area contributed by atoms with Crippen LogP contribution >= 0.6 is 0 Å². The summed E-state index contributed by atoms with van der Waals surface area (Å²) in [5, 5.41) is 13.8. The number of nitrogens with zero attached hydrogens (tertiary/aromatic N) is 1. The van der Waals surface area contributed by atoms with Crippen LogP contribution in [0.15, 0.2) is 30.3 Å². The monoisotopic (exact) mass is 302 g/mol. The number of aliphatic hydroxyl groups excluding tert-OH is 1. The highest BCUT2D eigenvalue weighted by Gasteiger charge is 2.27. The molecule has 0 amide bonds. The van der Waals surface area contributed by atoms with E-state index in [-0.39, 0.29) is 6.10 Å². The lowest BCUT2D eigenvalue weighted by Gasteiger charge is -2.37. The van der Waals surface area contributed by atoms with Crippen molar-refractivity contribution < 1.29 is 5.11 Å². The fraction of sp³-hybridized carbons (Fsp3) is 0.684. The standard InChI is InChI=1S/C19H30N2O/c22-19-9-5-4-8-18(19)20-17-11-14-21(15-12-17)13-10-16-6-2-1-3-7-16/h1-3,6-7,17-20,22H,4-5,8-15H2/t18-,19-/m1/s1. The fourth-order valence-electron chi connectivity index (χ4n) is 3.86. The Balaban J connectivity index is 1.37. The van der Waals surface area contributed by atoms with E-state index in [9.17, 15) is 5.11 Å². The molecule has 0 aromatic heterocycles. The van der Waals surface area contributed by atoms with Crippen LogP contribution in [0.1, 0.15) is 44.1 Å². The van der Waals surface area contributed by atoms with Gasteiger partial charge in [0.15, 0.2) is 0 Å². The van der Waals surface area contributed by atoms with Gasteiger partial charge in [0.1, 0.15) is 0 Å². The van der Waals surface area contributed by atoms with Gasteiger partial charge in [-0.05, 0) is 50.8 Å². The zero-order chi connectivity index (χ0) is 15.2. The first kappa shape index (κ1) is 16.0. The summed E-state index contributed by atoms with van der Waals surface area (Å²) >= 11 is 0. The van der Waals surface area contributed by atoms with E-state index in [4.69, 9.17) is 0 Å². The van der Waals surface area contributed by atoms with Crippen LogP contribution < -0.4 is 5.32 Å². The molecule has 2 aliphatic rings. The topological polar surface area (TPSA) is 35.5 Å². The SMILES string of the molecule is O[C@@H]1CCCC[C@H]1NC1CCN(CCc2ccccc2)CC1. The van der Waals surface area contributed by atoms with Crippen molar-refractivity contribution in [1.82, 2.24) is 10.2 Å². The van der Waals surface area contributed by atoms with E-state index in [2.05, 4.69) is 40.5 Å². The Hall–Kier alpha value is -0.900. The van der Waals surface area contributed by atoms with Crippen LogP contribution in [0, 0.1) is 0 Å². The van der Waals surface area contributed by atoms with Crippen LogP contribution in [0.3, 0.4) is 0 Å². The molecule has 3 heteroatoms. The highest BCUT2D eigenvalue weighted by molar-refractivity contribution is 5.14. The van der Waals surface area contributed by atoms with E-state index >= 15 is 0 Å². The van der Waals surface area contributed by atoms with Gasteiger partial charge in [-0.15, -0.1) is 0 Å². The third-order valence-corrected chi connectivity index (χ3v) is 5.33. The molecule has 1 heterocycles. The quantitative estimate of drug-likeness (QED) is 0.877. The van der Waals surface area contributed by atoms with Crippen LogP contribution in [-0.4, -0.2) is 47.8 Å². The third-order valence-electron chi connectivity index (χ3n) is 5.33. The second kappa shape index (κ2) is 8.09. The van der Waals surface area contributed by atoms with Crippen molar-refractivity contribution >= 4 is 0 Å². The minimum absolute atomic E-state index is 0.120. The maximum absolute atomic E-state index is 10.1. The number of hydrogen-bond acceptors (Lipinski definition) is 3. The molecule has 2 N–H and O–H groups in total. The predicted octanol–water partition coefficient (Wildman–Crippen LogP) is 2.59. The lowest BCUT2D eigenvalue weighted by molar-refractivity contribution is 0.0766. The summed E-state index contributed by atoms with van der Waals surface area (Å²) in [5.74, 6) is 0. The average molecular weight is 302 g/mol. The van der Waals surface area contributed by atoms with Crippen molar-refractivity contribution in [3.8, 4) is 0 Å². The zero-order valence-corrected chi connectivity index (χ0v) is 13.6. The molecule has 2 fully saturated rings. The van der Waals surface area contributed by atoms with Gasteiger partial charge in [-0.1, -0.05) is 43.2 Å². The summed E-state index contributed by atoms with van der Waals surface area (Å²) in [4.78, 5) is 2.59. The fourth-order valence-corrected chi connectivity index (χ4v) is 3.86. The zero-order valence-electron chi connectivity index (χ0n) is 13.6. The second-order valence-corrected chi connectivity index (χ2v) is 6.98. The van der Waals surface area contributed by atoms with Gasteiger partial charge in [-0.3, -0.25) is 0 Å². The maximum atomic E-state index is 10.1. The molecular weight excluding hydrogens is 272 g/mol. The molecular formula is C19H30N2O. The normalized spacial score (nSPS) is 27.9. The number of hydrogen-bond donors (Lipinski definition) is 2. The molecule has 1 saturated heterocycles. The van der Waals surface area contributed by atoms with Gasteiger partial charge in [0.2, 0.25) is 0 Å². The Morgan fingerprint density at radius 1 is 1.00 bits per heavy atom. The molecule has 0 radical (unpaired) electrons. The van der Waals surface area contributed by atoms with E-state index in [0.29, 0.717) is 12.1 Å². The van der Waals surface area contributed by atoms with Gasteiger partial charge >= 0.3 is 0 Å². The third kappa shape index (κ3) is 4.55. The van der Waals surface area contributed by atoms with Gasteiger partial charge in [0.05, 0.1) is 6.10 Å². The Labute approximate surface area is 134 Å². The van der Waals surface area contributed by atoms with Gasteiger partial charge < -0.3 is 15.3 Å². The number of piperidine rings is 1. The van der Waals surface area contributed by atoms with Crippen LogP contribution in [0.4, 0.5) is 0 Å². The Morgan fingerprint density at radius 3 is 2.45 bits per heavy atom. The Bertz CT molecular complexity index is 428. The molecule has 0 unspecified atom stereocenters. The Kier molecular flexibility index (Phi) is 5.88. The van der Waals surface area contributed by atoms with Crippen molar-refractivity contribution in [2.45, 2.75) is 63.1 Å². The summed E-state index contributed by atoms with van der Waals surface area (Å²) < 4.78 is 0. The first-order valence-corrected chi connectivity index (χ1v) is 9.01. The highest BCUT2D eigenvalue weighted by Crippen LogP contribution is 2.21. The number of benzene rings is 1. The minimum atomic E-state index is -0.120. The number of rotatable bonds is 5. The van der Waals surface area contributed by atoms with Crippen molar-refractivity contribution in [2.24, 2.45) is 0 Å². The van der Waals surface area contributed by atoms with Crippen molar-refractivity contribution in [2.75, 3.05) is 19.6 Å². The predicted molar refractivity (Wildman–Crippen MR) is 91.0 cm³/mol. The summed E-state index contributed by atoms with van der Waals surface area (Å²) in [5.41, 5.74) is 1.44. The van der Waals surface area contributed by atoms with Crippen LogP contribution in [0.5, 0.6) is 0 Å². The summed E-state index contributed by atoms with van der Waals surface area (Å²) in [6.45, 7) is 3.55. The molecule has 3 nitrogen and oxygen atoms in total. The number of nitrogens with one attached hydrogen (secondary N) is 1. The summed E-state index contributed by atoms with van der Waals surface area (Å²) in [6.07, 6.45) is 8.06. The smallest absolute Gasteiger partial charge is 0.0693 e. The summed E-state index contributed by atoms with van der Waals surface area (Å²) in [6, 6.07) is 11.7. The molecule has 0 spiro atoms. The molecule has 1 aliphatic carbocycles. The molecule has 2 atom stereocenters. The minimum Gasteiger partial charge on any atom is -0.392 e. The molecule has 0 bridgehead atoms. The lowest BCUT2D eigenvalue weighted by atomic mass is 9.91. The van der Waals surface area contributed by atoms with Gasteiger partial charge in [-0.2, -0.15) is 0 Å².